The topological polar surface area (TPSA) is 78.1 Å². The van der Waals surface area contributed by atoms with Crippen LogP contribution in [0.25, 0.3) is 0 Å². The molecule has 0 bridgehead atoms. The van der Waals surface area contributed by atoms with E-state index in [-0.39, 0.29) is 18.0 Å². The van der Waals surface area contributed by atoms with Crippen LogP contribution in [0.1, 0.15) is 48.2 Å². The third-order valence-corrected chi connectivity index (χ3v) is 6.57. The summed E-state index contributed by atoms with van der Waals surface area (Å²) in [6.07, 6.45) is 11.0. The van der Waals surface area contributed by atoms with Crippen LogP contribution in [0, 0.1) is 11.8 Å². The van der Waals surface area contributed by atoms with Crippen molar-refractivity contribution in [1.82, 2.24) is 20.2 Å². The summed E-state index contributed by atoms with van der Waals surface area (Å²) in [4.78, 5) is 34.0. The molecule has 6 heteroatoms. The van der Waals surface area contributed by atoms with Crippen molar-refractivity contribution in [3.8, 4) is 0 Å². The molecule has 2 fully saturated rings. The number of carbonyl (C=O) groups is 2. The number of benzene rings is 1. The van der Waals surface area contributed by atoms with Gasteiger partial charge in [-0.15, -0.1) is 0 Å². The highest BCUT2D eigenvalue weighted by atomic mass is 16.2. The van der Waals surface area contributed by atoms with Crippen LogP contribution in [0.5, 0.6) is 0 Å². The van der Waals surface area contributed by atoms with Crippen LogP contribution in [0.4, 0.5) is 0 Å². The molecule has 2 heterocycles. The van der Waals surface area contributed by atoms with E-state index < -0.39 is 0 Å². The highest BCUT2D eigenvalue weighted by Crippen LogP contribution is 2.38. The lowest BCUT2D eigenvalue weighted by atomic mass is 9.72. The molecule has 1 aromatic carbocycles. The van der Waals surface area contributed by atoms with Crippen LogP contribution < -0.4 is 5.32 Å². The Labute approximate surface area is 172 Å². The summed E-state index contributed by atoms with van der Waals surface area (Å²) in [5, 5.41) is 3.40. The maximum Gasteiger partial charge on any atom is 0.254 e. The van der Waals surface area contributed by atoms with Gasteiger partial charge in [-0.3, -0.25) is 4.79 Å². The number of hydrogen-bond donors (Lipinski definition) is 2. The molecule has 1 saturated heterocycles. The summed E-state index contributed by atoms with van der Waals surface area (Å²) >= 11 is 0. The Kier molecular flexibility index (Phi) is 6.39. The predicted octanol–water partition coefficient (Wildman–Crippen LogP) is 2.83. The number of H-pyrrole nitrogens is 1. The van der Waals surface area contributed by atoms with E-state index in [1.807, 2.05) is 30.3 Å². The average molecular weight is 395 g/mol. The van der Waals surface area contributed by atoms with Gasteiger partial charge in [0.15, 0.2) is 0 Å². The zero-order valence-corrected chi connectivity index (χ0v) is 16.8. The Morgan fingerprint density at radius 2 is 2.03 bits per heavy atom. The number of rotatable bonds is 7. The van der Waals surface area contributed by atoms with Gasteiger partial charge in [-0.2, -0.15) is 0 Å². The molecule has 0 unspecified atom stereocenters. The number of nitrogens with zero attached hydrogens (tertiary/aromatic N) is 2. The Morgan fingerprint density at radius 3 is 2.76 bits per heavy atom. The molecular weight excluding hydrogens is 364 g/mol. The molecule has 29 heavy (non-hydrogen) atoms. The summed E-state index contributed by atoms with van der Waals surface area (Å²) < 4.78 is 0. The third-order valence-electron chi connectivity index (χ3n) is 6.57. The number of nitrogens with one attached hydrogen (secondary N) is 2. The molecular formula is C23H30N4O2. The first-order chi connectivity index (χ1) is 14.2. The van der Waals surface area contributed by atoms with E-state index in [1.54, 1.807) is 12.5 Å². The van der Waals surface area contributed by atoms with E-state index in [0.717, 1.165) is 30.5 Å². The lowest BCUT2D eigenvalue weighted by molar-refractivity contribution is -0.109. The van der Waals surface area contributed by atoms with Gasteiger partial charge in [0.25, 0.3) is 5.91 Å². The minimum Gasteiger partial charge on any atom is -0.348 e. The Hall–Kier alpha value is -2.47. The molecule has 154 valence electrons. The number of fused-ring (bicyclic) bond motifs is 1. The zero-order valence-electron chi connectivity index (χ0n) is 16.8. The highest BCUT2D eigenvalue weighted by Gasteiger charge is 2.39. The first-order valence-corrected chi connectivity index (χ1v) is 10.8. The van der Waals surface area contributed by atoms with Crippen LogP contribution in [0.2, 0.25) is 0 Å². The quantitative estimate of drug-likeness (QED) is 0.708. The van der Waals surface area contributed by atoms with Crippen LogP contribution >= 0.6 is 0 Å². The van der Waals surface area contributed by atoms with Gasteiger partial charge in [0, 0.05) is 43.0 Å². The number of aldehydes is 1. The molecule has 1 aliphatic carbocycles. The van der Waals surface area contributed by atoms with Crippen molar-refractivity contribution in [2.75, 3.05) is 13.1 Å². The SMILES string of the molecule is O=C[C@H](Cc1cnc[nH]1)NC[C@@H]1C[C@@H]2CCCC[C@H]2CN1C(=O)c1ccccc1. The standard InChI is InChI=1S/C23H30N4O2/c28-15-21(11-20-12-24-16-26-20)25-13-22-10-18-8-4-5-9-19(18)14-27(22)23(29)17-6-2-1-3-7-17/h1-3,6-7,12,15-16,18-19,21-22,25H,4-5,8-11,13-14H2,(H,24,26)/t18-,19-,21-,22-/m0/s1. The lowest BCUT2D eigenvalue weighted by Crippen LogP contribution is -2.55. The average Bonchev–Trinajstić information content (AvgIpc) is 3.29. The van der Waals surface area contributed by atoms with Crippen molar-refractivity contribution >= 4 is 12.2 Å². The van der Waals surface area contributed by atoms with Gasteiger partial charge < -0.3 is 20.0 Å². The van der Waals surface area contributed by atoms with Crippen LogP contribution in [-0.2, 0) is 11.2 Å². The number of aromatic amines is 1. The molecule has 4 rings (SSSR count). The van der Waals surface area contributed by atoms with Crippen molar-refractivity contribution in [2.24, 2.45) is 11.8 Å². The van der Waals surface area contributed by atoms with E-state index in [2.05, 4.69) is 20.2 Å². The lowest BCUT2D eigenvalue weighted by Gasteiger charge is -2.46. The number of hydrogen-bond acceptors (Lipinski definition) is 4. The Balaban J connectivity index is 1.46. The number of piperidine rings is 1. The number of aromatic nitrogens is 2. The summed E-state index contributed by atoms with van der Waals surface area (Å²) in [5.41, 5.74) is 1.68. The van der Waals surface area contributed by atoms with Gasteiger partial charge in [0.05, 0.1) is 12.4 Å². The van der Waals surface area contributed by atoms with Crippen molar-refractivity contribution in [3.63, 3.8) is 0 Å². The molecule has 6 nitrogen and oxygen atoms in total. The first kappa shape index (κ1) is 19.8. The van der Waals surface area contributed by atoms with Gasteiger partial charge >= 0.3 is 0 Å². The molecule has 4 atom stereocenters. The highest BCUT2D eigenvalue weighted by molar-refractivity contribution is 5.94. The van der Waals surface area contributed by atoms with Crippen LogP contribution in [0.15, 0.2) is 42.9 Å². The van der Waals surface area contributed by atoms with Crippen molar-refractivity contribution in [2.45, 2.75) is 50.6 Å². The molecule has 0 radical (unpaired) electrons. The normalized spacial score (nSPS) is 25.2. The van der Waals surface area contributed by atoms with Gasteiger partial charge in [-0.05, 0) is 36.8 Å². The fourth-order valence-corrected chi connectivity index (χ4v) is 4.99. The second-order valence-corrected chi connectivity index (χ2v) is 8.45. The van der Waals surface area contributed by atoms with E-state index in [1.165, 1.54) is 25.7 Å². The third kappa shape index (κ3) is 4.75. The second kappa shape index (κ2) is 9.35. The second-order valence-electron chi connectivity index (χ2n) is 8.45. The van der Waals surface area contributed by atoms with E-state index in [9.17, 15) is 9.59 Å². The van der Waals surface area contributed by atoms with Crippen LogP contribution in [0.3, 0.4) is 0 Å². The van der Waals surface area contributed by atoms with E-state index in [4.69, 9.17) is 0 Å². The van der Waals surface area contributed by atoms with E-state index >= 15 is 0 Å². The molecule has 1 amide bonds. The fraction of sp³-hybridized carbons (Fsp3) is 0.522. The Morgan fingerprint density at radius 1 is 1.24 bits per heavy atom. The zero-order chi connectivity index (χ0) is 20.1. The minimum atomic E-state index is -0.284. The van der Waals surface area contributed by atoms with Crippen molar-refractivity contribution in [1.29, 1.82) is 0 Å². The summed E-state index contributed by atoms with van der Waals surface area (Å²) in [7, 11) is 0. The first-order valence-electron chi connectivity index (χ1n) is 10.8. The molecule has 2 aliphatic rings. The van der Waals surface area contributed by atoms with Gasteiger partial charge in [0.2, 0.25) is 0 Å². The molecule has 1 saturated carbocycles. The predicted molar refractivity (Wildman–Crippen MR) is 111 cm³/mol. The molecule has 2 N–H and O–H groups in total. The monoisotopic (exact) mass is 394 g/mol. The van der Waals surface area contributed by atoms with E-state index in [0.29, 0.717) is 24.8 Å². The molecule has 0 spiro atoms. The maximum atomic E-state index is 13.3. The van der Waals surface area contributed by atoms with Gasteiger partial charge in [0.1, 0.15) is 6.29 Å². The maximum absolute atomic E-state index is 13.3. The van der Waals surface area contributed by atoms with Gasteiger partial charge in [-0.25, -0.2) is 4.98 Å². The van der Waals surface area contributed by atoms with Crippen molar-refractivity contribution < 1.29 is 9.59 Å². The summed E-state index contributed by atoms with van der Waals surface area (Å²) in [5.74, 6) is 1.41. The summed E-state index contributed by atoms with van der Waals surface area (Å²) in [6, 6.07) is 9.40. The molecule has 1 aliphatic heterocycles. The summed E-state index contributed by atoms with van der Waals surface area (Å²) in [6.45, 7) is 1.47. The smallest absolute Gasteiger partial charge is 0.254 e. The number of imidazole rings is 1. The van der Waals surface area contributed by atoms with Crippen LogP contribution in [-0.4, -0.2) is 52.2 Å². The number of likely N-dealkylation sites (tertiary alicyclic amines) is 1. The molecule has 1 aromatic heterocycles. The minimum absolute atomic E-state index is 0.109. The van der Waals surface area contributed by atoms with Gasteiger partial charge in [-0.1, -0.05) is 37.5 Å². The molecule has 2 aromatic rings. The fourth-order valence-electron chi connectivity index (χ4n) is 4.99. The largest absolute Gasteiger partial charge is 0.348 e. The van der Waals surface area contributed by atoms with Crippen molar-refractivity contribution in [3.05, 3.63) is 54.1 Å². The number of amides is 1. The number of carbonyl (C=O) groups excluding carboxylic acids is 2. The Bertz CT molecular complexity index is 792.